The topological polar surface area (TPSA) is 68.0 Å². The molecular weight excluding hydrogens is 210 g/mol. The van der Waals surface area contributed by atoms with Gasteiger partial charge in [0.1, 0.15) is 9.71 Å². The number of fused-ring (bicyclic) bond motifs is 1. The largest absolute Gasteiger partial charge is 0.397 e. The van der Waals surface area contributed by atoms with Crippen LogP contribution in [0, 0.1) is 0 Å². The third-order valence-electron chi connectivity index (χ3n) is 2.05. The molecule has 0 saturated carbocycles. The number of carbonyl (C=O) groups is 1. The number of aromatic nitrogens is 1. The van der Waals surface area contributed by atoms with Crippen molar-refractivity contribution in [1.82, 2.24) is 10.3 Å². The number of hydrogen-bond donors (Lipinski definition) is 2. The normalized spacial score (nSPS) is 10.5. The summed E-state index contributed by atoms with van der Waals surface area (Å²) in [6, 6.07) is 3.68. The van der Waals surface area contributed by atoms with Crippen LogP contribution in [0.3, 0.4) is 0 Å². The molecule has 1 amide bonds. The molecule has 0 bridgehead atoms. The molecule has 2 rings (SSSR count). The van der Waals surface area contributed by atoms with E-state index in [0.717, 1.165) is 10.2 Å². The Kier molecular flexibility index (Phi) is 2.55. The molecule has 0 saturated heterocycles. The Bertz CT molecular complexity index is 506. The molecule has 2 aromatic rings. The lowest BCUT2D eigenvalue weighted by molar-refractivity contribution is 0.0960. The van der Waals surface area contributed by atoms with E-state index in [2.05, 4.69) is 10.3 Å². The van der Waals surface area contributed by atoms with Gasteiger partial charge in [-0.05, 0) is 19.1 Å². The van der Waals surface area contributed by atoms with E-state index in [1.165, 1.54) is 11.3 Å². The first-order valence-electron chi connectivity index (χ1n) is 4.65. The Balaban J connectivity index is 2.53. The summed E-state index contributed by atoms with van der Waals surface area (Å²) in [6.07, 6.45) is 1.69. The molecule has 0 fully saturated rings. The van der Waals surface area contributed by atoms with Gasteiger partial charge >= 0.3 is 0 Å². The Hall–Kier alpha value is -1.62. The molecule has 5 heteroatoms. The number of rotatable bonds is 2. The van der Waals surface area contributed by atoms with Gasteiger partial charge in [0, 0.05) is 18.1 Å². The monoisotopic (exact) mass is 221 g/mol. The van der Waals surface area contributed by atoms with Gasteiger partial charge in [-0.3, -0.25) is 4.79 Å². The maximum Gasteiger partial charge on any atom is 0.263 e. The van der Waals surface area contributed by atoms with Crippen LogP contribution in [0.2, 0.25) is 0 Å². The minimum atomic E-state index is -0.127. The molecule has 15 heavy (non-hydrogen) atoms. The SMILES string of the molecule is CCNC(=O)c1sc2ncccc2c1N. The van der Waals surface area contributed by atoms with E-state index in [9.17, 15) is 4.79 Å². The number of nitrogens with one attached hydrogen (secondary N) is 1. The minimum Gasteiger partial charge on any atom is -0.397 e. The second-order valence-corrected chi connectivity index (χ2v) is 4.06. The number of thiophene rings is 1. The average molecular weight is 221 g/mol. The van der Waals surface area contributed by atoms with E-state index in [4.69, 9.17) is 5.73 Å². The highest BCUT2D eigenvalue weighted by atomic mass is 32.1. The van der Waals surface area contributed by atoms with Gasteiger partial charge in [-0.1, -0.05) is 0 Å². The van der Waals surface area contributed by atoms with E-state index < -0.39 is 0 Å². The molecule has 0 aliphatic carbocycles. The lowest BCUT2D eigenvalue weighted by atomic mass is 10.2. The maximum atomic E-state index is 11.6. The van der Waals surface area contributed by atoms with Gasteiger partial charge in [0.15, 0.2) is 0 Å². The number of nitrogens with two attached hydrogens (primary N) is 1. The standard InChI is InChI=1S/C10H11N3OS/c1-2-12-9(14)8-7(11)6-4-3-5-13-10(6)15-8/h3-5H,2,11H2,1H3,(H,12,14). The summed E-state index contributed by atoms with van der Waals surface area (Å²) in [7, 11) is 0. The second kappa shape index (κ2) is 3.86. The van der Waals surface area contributed by atoms with Crippen molar-refractivity contribution in [3.63, 3.8) is 0 Å². The average Bonchev–Trinajstić information content (AvgIpc) is 2.57. The number of amides is 1. The third-order valence-corrected chi connectivity index (χ3v) is 3.18. The van der Waals surface area contributed by atoms with Crippen LogP contribution in [0.4, 0.5) is 5.69 Å². The first-order chi connectivity index (χ1) is 7.24. The summed E-state index contributed by atoms with van der Waals surface area (Å²) < 4.78 is 0. The summed E-state index contributed by atoms with van der Waals surface area (Å²) in [5.74, 6) is -0.127. The number of carbonyl (C=O) groups excluding carboxylic acids is 1. The molecule has 4 nitrogen and oxygen atoms in total. The van der Waals surface area contributed by atoms with Crippen molar-refractivity contribution in [2.24, 2.45) is 0 Å². The zero-order valence-electron chi connectivity index (χ0n) is 8.28. The summed E-state index contributed by atoms with van der Waals surface area (Å²) in [5.41, 5.74) is 6.40. The van der Waals surface area contributed by atoms with Gasteiger partial charge in [-0.25, -0.2) is 4.98 Å². The summed E-state index contributed by atoms with van der Waals surface area (Å²) in [6.45, 7) is 2.47. The Morgan fingerprint density at radius 1 is 1.67 bits per heavy atom. The van der Waals surface area contributed by atoms with Gasteiger partial charge in [0.2, 0.25) is 0 Å². The highest BCUT2D eigenvalue weighted by Gasteiger charge is 2.15. The van der Waals surface area contributed by atoms with E-state index in [-0.39, 0.29) is 5.91 Å². The maximum absolute atomic E-state index is 11.6. The number of nitrogens with zero attached hydrogens (tertiary/aromatic N) is 1. The highest BCUT2D eigenvalue weighted by Crippen LogP contribution is 2.31. The van der Waals surface area contributed by atoms with Crippen LogP contribution < -0.4 is 11.1 Å². The molecule has 2 heterocycles. The predicted octanol–water partition coefficient (Wildman–Crippen LogP) is 1.63. The molecule has 3 N–H and O–H groups in total. The van der Waals surface area contributed by atoms with Crippen LogP contribution in [0.1, 0.15) is 16.6 Å². The van der Waals surface area contributed by atoms with Crippen LogP contribution in [-0.2, 0) is 0 Å². The van der Waals surface area contributed by atoms with Crippen LogP contribution in [0.5, 0.6) is 0 Å². The van der Waals surface area contributed by atoms with Crippen LogP contribution in [0.25, 0.3) is 10.2 Å². The fraction of sp³-hybridized carbons (Fsp3) is 0.200. The third kappa shape index (κ3) is 1.66. The smallest absolute Gasteiger partial charge is 0.263 e. The molecule has 0 radical (unpaired) electrons. The predicted molar refractivity (Wildman–Crippen MR) is 62.0 cm³/mol. The Morgan fingerprint density at radius 2 is 2.47 bits per heavy atom. The quantitative estimate of drug-likeness (QED) is 0.809. The molecule has 2 aromatic heterocycles. The molecule has 0 unspecified atom stereocenters. The van der Waals surface area contributed by atoms with Crippen molar-refractivity contribution in [3.05, 3.63) is 23.2 Å². The zero-order chi connectivity index (χ0) is 10.8. The minimum absolute atomic E-state index is 0.127. The van der Waals surface area contributed by atoms with Gasteiger partial charge < -0.3 is 11.1 Å². The van der Waals surface area contributed by atoms with Crippen molar-refractivity contribution in [3.8, 4) is 0 Å². The van der Waals surface area contributed by atoms with Gasteiger partial charge in [-0.2, -0.15) is 0 Å². The second-order valence-electron chi connectivity index (χ2n) is 3.06. The summed E-state index contributed by atoms with van der Waals surface area (Å²) in [5, 5.41) is 3.58. The fourth-order valence-electron chi connectivity index (χ4n) is 1.36. The highest BCUT2D eigenvalue weighted by molar-refractivity contribution is 7.21. The first-order valence-corrected chi connectivity index (χ1v) is 5.47. The van der Waals surface area contributed by atoms with Crippen LogP contribution in [-0.4, -0.2) is 17.4 Å². The van der Waals surface area contributed by atoms with Crippen molar-refractivity contribution in [2.75, 3.05) is 12.3 Å². The van der Waals surface area contributed by atoms with E-state index in [1.807, 2.05) is 19.1 Å². The molecule has 0 atom stereocenters. The van der Waals surface area contributed by atoms with Gasteiger partial charge in [0.05, 0.1) is 5.69 Å². The van der Waals surface area contributed by atoms with Crippen LogP contribution >= 0.6 is 11.3 Å². The molecular formula is C10H11N3OS. The summed E-state index contributed by atoms with van der Waals surface area (Å²) >= 11 is 1.32. The van der Waals surface area contributed by atoms with E-state index in [1.54, 1.807) is 6.20 Å². The number of nitrogen functional groups attached to an aromatic ring is 1. The number of anilines is 1. The zero-order valence-corrected chi connectivity index (χ0v) is 9.10. The van der Waals surface area contributed by atoms with Crippen molar-refractivity contribution < 1.29 is 4.79 Å². The Morgan fingerprint density at radius 3 is 3.13 bits per heavy atom. The fourth-order valence-corrected chi connectivity index (χ4v) is 2.34. The molecule has 78 valence electrons. The van der Waals surface area contributed by atoms with E-state index in [0.29, 0.717) is 17.1 Å². The number of pyridine rings is 1. The lowest BCUT2D eigenvalue weighted by Crippen LogP contribution is -2.22. The van der Waals surface area contributed by atoms with E-state index >= 15 is 0 Å². The first kappa shape index (κ1) is 9.92. The molecule has 0 aromatic carbocycles. The van der Waals surface area contributed by atoms with Crippen molar-refractivity contribution in [1.29, 1.82) is 0 Å². The molecule has 0 spiro atoms. The van der Waals surface area contributed by atoms with Crippen molar-refractivity contribution in [2.45, 2.75) is 6.92 Å². The Labute approximate surface area is 91.1 Å². The van der Waals surface area contributed by atoms with Gasteiger partial charge in [-0.15, -0.1) is 11.3 Å². The van der Waals surface area contributed by atoms with Crippen molar-refractivity contribution >= 4 is 33.1 Å². The molecule has 0 aliphatic heterocycles. The number of hydrogen-bond acceptors (Lipinski definition) is 4. The lowest BCUT2D eigenvalue weighted by Gasteiger charge is -1.99. The van der Waals surface area contributed by atoms with Gasteiger partial charge in [0.25, 0.3) is 5.91 Å². The summed E-state index contributed by atoms with van der Waals surface area (Å²) in [4.78, 5) is 17.1. The molecule has 0 aliphatic rings. The van der Waals surface area contributed by atoms with Crippen LogP contribution in [0.15, 0.2) is 18.3 Å².